The molecule has 1 atom stereocenters. The van der Waals surface area contributed by atoms with Gasteiger partial charge in [0, 0.05) is 32.2 Å². The van der Waals surface area contributed by atoms with Gasteiger partial charge < -0.3 is 10.5 Å². The van der Waals surface area contributed by atoms with Crippen molar-refractivity contribution in [2.24, 2.45) is 5.73 Å². The van der Waals surface area contributed by atoms with Crippen LogP contribution in [0, 0.1) is 0 Å². The molecule has 0 aromatic heterocycles. The van der Waals surface area contributed by atoms with Gasteiger partial charge in [0.1, 0.15) is 0 Å². The summed E-state index contributed by atoms with van der Waals surface area (Å²) in [6, 6.07) is -0.173. The molecule has 0 amide bonds. The summed E-state index contributed by atoms with van der Waals surface area (Å²) in [5.41, 5.74) is 5.36. The molecule has 0 radical (unpaired) electrons. The second-order valence-electron chi connectivity index (χ2n) is 3.63. The maximum atomic E-state index is 13.1. The van der Waals surface area contributed by atoms with E-state index in [0.29, 0.717) is 26.3 Å². The molecule has 0 spiro atoms. The van der Waals surface area contributed by atoms with Crippen LogP contribution in [0.15, 0.2) is 0 Å². The molecule has 0 unspecified atom stereocenters. The lowest BCUT2D eigenvalue weighted by molar-refractivity contribution is 0.0117. The Morgan fingerprint density at radius 1 is 1.57 bits per heavy atom. The third-order valence-electron chi connectivity index (χ3n) is 2.42. The van der Waals surface area contributed by atoms with E-state index in [-0.39, 0.29) is 19.0 Å². The van der Waals surface area contributed by atoms with Crippen molar-refractivity contribution < 1.29 is 13.5 Å². The molecule has 1 fully saturated rings. The average Bonchev–Trinajstić information content (AvgIpc) is 2.38. The van der Waals surface area contributed by atoms with Crippen LogP contribution in [0.5, 0.6) is 0 Å². The van der Waals surface area contributed by atoms with Crippen molar-refractivity contribution in [2.75, 3.05) is 32.8 Å². The number of halogens is 2. The van der Waals surface area contributed by atoms with Gasteiger partial charge in [-0.25, -0.2) is 8.78 Å². The Balaban J connectivity index is 2.44. The molecular formula is C9H18F2N2O. The predicted molar refractivity (Wildman–Crippen MR) is 50.5 cm³/mol. The molecule has 1 aliphatic heterocycles. The average molecular weight is 208 g/mol. The molecule has 0 aliphatic carbocycles. The molecule has 1 aliphatic rings. The third-order valence-corrected chi connectivity index (χ3v) is 2.42. The highest BCUT2D eigenvalue weighted by atomic mass is 19.3. The lowest BCUT2D eigenvalue weighted by Gasteiger charge is -2.22. The van der Waals surface area contributed by atoms with E-state index in [9.17, 15) is 8.78 Å². The lowest BCUT2D eigenvalue weighted by Crippen LogP contribution is -2.37. The minimum Gasteiger partial charge on any atom is -0.380 e. The summed E-state index contributed by atoms with van der Waals surface area (Å²) in [6.07, 6.45) is -0.104. The van der Waals surface area contributed by atoms with Crippen LogP contribution >= 0.6 is 0 Å². The summed E-state index contributed by atoms with van der Waals surface area (Å²) < 4.78 is 31.3. The van der Waals surface area contributed by atoms with Gasteiger partial charge in [-0.15, -0.1) is 0 Å². The van der Waals surface area contributed by atoms with Crippen LogP contribution in [0.25, 0.3) is 0 Å². The molecule has 3 nitrogen and oxygen atoms in total. The van der Waals surface area contributed by atoms with Gasteiger partial charge >= 0.3 is 0 Å². The summed E-state index contributed by atoms with van der Waals surface area (Å²) in [7, 11) is 0. The number of likely N-dealkylation sites (tertiary alicyclic amines) is 1. The van der Waals surface area contributed by atoms with Gasteiger partial charge in [-0.05, 0) is 6.92 Å². The van der Waals surface area contributed by atoms with Crippen LogP contribution in [0.2, 0.25) is 0 Å². The Bertz CT molecular complexity index is 178. The Hall–Kier alpha value is -0.260. The second kappa shape index (κ2) is 5.00. The third kappa shape index (κ3) is 3.15. The Labute approximate surface area is 83.2 Å². The van der Waals surface area contributed by atoms with Gasteiger partial charge in [0.25, 0.3) is 5.92 Å². The van der Waals surface area contributed by atoms with Crippen LogP contribution < -0.4 is 5.73 Å². The van der Waals surface area contributed by atoms with Crippen molar-refractivity contribution in [1.29, 1.82) is 0 Å². The normalized spacial score (nSPS) is 27.0. The van der Waals surface area contributed by atoms with E-state index in [4.69, 9.17) is 10.5 Å². The second-order valence-corrected chi connectivity index (χ2v) is 3.63. The van der Waals surface area contributed by atoms with Crippen molar-refractivity contribution >= 4 is 0 Å². The van der Waals surface area contributed by atoms with Gasteiger partial charge in [-0.2, -0.15) is 0 Å². The molecular weight excluding hydrogens is 190 g/mol. The summed E-state index contributed by atoms with van der Waals surface area (Å²) in [4.78, 5) is 1.72. The van der Waals surface area contributed by atoms with E-state index in [1.54, 1.807) is 4.90 Å². The zero-order valence-electron chi connectivity index (χ0n) is 8.51. The SMILES string of the molecule is CCOC[C@@H]1CC(F)(F)CN1CCN. The highest BCUT2D eigenvalue weighted by Crippen LogP contribution is 2.31. The Morgan fingerprint density at radius 2 is 2.29 bits per heavy atom. The Morgan fingerprint density at radius 3 is 2.86 bits per heavy atom. The van der Waals surface area contributed by atoms with Crippen molar-refractivity contribution in [3.05, 3.63) is 0 Å². The van der Waals surface area contributed by atoms with Crippen LogP contribution in [0.3, 0.4) is 0 Å². The molecule has 0 aromatic rings. The van der Waals surface area contributed by atoms with E-state index >= 15 is 0 Å². The largest absolute Gasteiger partial charge is 0.380 e. The standard InChI is InChI=1S/C9H18F2N2O/c1-2-14-6-8-5-9(10,11)7-13(8)4-3-12/h8H,2-7,12H2,1H3/t8-/m0/s1. The van der Waals surface area contributed by atoms with Crippen LogP contribution in [-0.2, 0) is 4.74 Å². The molecule has 84 valence electrons. The van der Waals surface area contributed by atoms with Crippen LogP contribution in [-0.4, -0.2) is 49.7 Å². The molecule has 1 heterocycles. The number of hydrogen-bond acceptors (Lipinski definition) is 3. The number of nitrogens with zero attached hydrogens (tertiary/aromatic N) is 1. The maximum Gasteiger partial charge on any atom is 0.262 e. The topological polar surface area (TPSA) is 38.5 Å². The molecule has 14 heavy (non-hydrogen) atoms. The Kier molecular flexibility index (Phi) is 4.22. The molecule has 2 N–H and O–H groups in total. The smallest absolute Gasteiger partial charge is 0.262 e. The van der Waals surface area contributed by atoms with E-state index in [1.165, 1.54) is 0 Å². The summed E-state index contributed by atoms with van der Waals surface area (Å²) >= 11 is 0. The lowest BCUT2D eigenvalue weighted by atomic mass is 10.2. The first kappa shape index (κ1) is 11.8. The highest BCUT2D eigenvalue weighted by Gasteiger charge is 2.44. The van der Waals surface area contributed by atoms with Crippen molar-refractivity contribution in [2.45, 2.75) is 25.3 Å². The predicted octanol–water partition coefficient (Wildman–Crippen LogP) is 0.691. The number of nitrogens with two attached hydrogens (primary N) is 1. The van der Waals surface area contributed by atoms with Crippen LogP contribution in [0.1, 0.15) is 13.3 Å². The van der Waals surface area contributed by atoms with Gasteiger partial charge in [0.05, 0.1) is 13.2 Å². The zero-order chi connectivity index (χ0) is 10.6. The fourth-order valence-electron chi connectivity index (χ4n) is 1.81. The van der Waals surface area contributed by atoms with Gasteiger partial charge in [-0.1, -0.05) is 0 Å². The van der Waals surface area contributed by atoms with Crippen molar-refractivity contribution in [1.82, 2.24) is 4.90 Å². The van der Waals surface area contributed by atoms with Gasteiger partial charge in [0.15, 0.2) is 0 Å². The zero-order valence-corrected chi connectivity index (χ0v) is 8.51. The first-order valence-electron chi connectivity index (χ1n) is 4.98. The molecule has 5 heteroatoms. The minimum absolute atomic E-state index is 0.104. The van der Waals surface area contributed by atoms with Crippen molar-refractivity contribution in [3.8, 4) is 0 Å². The monoisotopic (exact) mass is 208 g/mol. The van der Waals surface area contributed by atoms with E-state index in [2.05, 4.69) is 0 Å². The number of hydrogen-bond donors (Lipinski definition) is 1. The number of alkyl halides is 2. The van der Waals surface area contributed by atoms with Crippen LogP contribution in [0.4, 0.5) is 8.78 Å². The molecule has 0 saturated carbocycles. The van der Waals surface area contributed by atoms with Gasteiger partial charge in [-0.3, -0.25) is 4.90 Å². The minimum atomic E-state index is -2.57. The summed E-state index contributed by atoms with van der Waals surface area (Å²) in [6.45, 7) is 3.57. The summed E-state index contributed by atoms with van der Waals surface area (Å²) in [5.74, 6) is -2.57. The highest BCUT2D eigenvalue weighted by molar-refractivity contribution is 4.90. The molecule has 0 bridgehead atoms. The molecule has 0 aromatic carbocycles. The fraction of sp³-hybridized carbons (Fsp3) is 1.00. The summed E-state index contributed by atoms with van der Waals surface area (Å²) in [5, 5.41) is 0. The van der Waals surface area contributed by atoms with E-state index < -0.39 is 5.92 Å². The quantitative estimate of drug-likeness (QED) is 0.722. The maximum absolute atomic E-state index is 13.1. The molecule has 1 saturated heterocycles. The molecule has 1 rings (SSSR count). The van der Waals surface area contributed by atoms with Gasteiger partial charge in [0.2, 0.25) is 0 Å². The van der Waals surface area contributed by atoms with E-state index in [0.717, 1.165) is 0 Å². The number of rotatable bonds is 5. The fourth-order valence-corrected chi connectivity index (χ4v) is 1.81. The van der Waals surface area contributed by atoms with Crippen molar-refractivity contribution in [3.63, 3.8) is 0 Å². The van der Waals surface area contributed by atoms with E-state index in [1.807, 2.05) is 6.92 Å². The first-order chi connectivity index (χ1) is 6.59. The number of ether oxygens (including phenoxy) is 1. The first-order valence-corrected chi connectivity index (χ1v) is 4.98.